The zero-order chi connectivity index (χ0) is 15.7. The van der Waals surface area contributed by atoms with Gasteiger partial charge in [-0.2, -0.15) is 0 Å². The predicted molar refractivity (Wildman–Crippen MR) is 89.4 cm³/mol. The maximum atomic E-state index is 12.2. The molecule has 0 atom stereocenters. The molecule has 2 N–H and O–H groups in total. The van der Waals surface area contributed by atoms with Gasteiger partial charge >= 0.3 is 0 Å². The summed E-state index contributed by atoms with van der Waals surface area (Å²) < 4.78 is 2.25. The van der Waals surface area contributed by atoms with Gasteiger partial charge in [0.2, 0.25) is 5.91 Å². The number of hydrogen-bond donors (Lipinski definition) is 1. The number of fused-ring (bicyclic) bond motifs is 1. The highest BCUT2D eigenvalue weighted by molar-refractivity contribution is 7.98. The standard InChI is InChI=1S/C15H13N3O2S2/c1-18-14(20)12-11(6-7-21-12)17-15(18)22-8-9-2-4-10(5-3-9)13(16)19/h2-7H,8H2,1H3,(H2,16,19). The summed E-state index contributed by atoms with van der Waals surface area (Å²) in [6.45, 7) is 0. The summed E-state index contributed by atoms with van der Waals surface area (Å²) in [4.78, 5) is 27.8. The summed E-state index contributed by atoms with van der Waals surface area (Å²) >= 11 is 2.89. The molecule has 5 nitrogen and oxygen atoms in total. The number of thiophene rings is 1. The van der Waals surface area contributed by atoms with E-state index in [9.17, 15) is 9.59 Å². The van der Waals surface area contributed by atoms with Crippen LogP contribution in [0.1, 0.15) is 15.9 Å². The number of rotatable bonds is 4. The first kappa shape index (κ1) is 14.8. The molecule has 2 heterocycles. The zero-order valence-corrected chi connectivity index (χ0v) is 13.4. The number of amides is 1. The van der Waals surface area contributed by atoms with E-state index >= 15 is 0 Å². The third kappa shape index (κ3) is 2.77. The first-order chi connectivity index (χ1) is 10.6. The van der Waals surface area contributed by atoms with Crippen molar-refractivity contribution in [2.75, 3.05) is 0 Å². The smallest absolute Gasteiger partial charge is 0.271 e. The highest BCUT2D eigenvalue weighted by Gasteiger charge is 2.10. The van der Waals surface area contributed by atoms with Crippen molar-refractivity contribution in [3.05, 3.63) is 57.2 Å². The van der Waals surface area contributed by atoms with Gasteiger partial charge in [-0.1, -0.05) is 23.9 Å². The summed E-state index contributed by atoms with van der Waals surface area (Å²) in [5, 5.41) is 2.55. The number of nitrogens with zero attached hydrogens (tertiary/aromatic N) is 2. The largest absolute Gasteiger partial charge is 0.366 e. The van der Waals surface area contributed by atoms with Gasteiger partial charge in [0.25, 0.3) is 5.56 Å². The summed E-state index contributed by atoms with van der Waals surface area (Å²) in [6.07, 6.45) is 0. The second kappa shape index (κ2) is 5.94. The van der Waals surface area contributed by atoms with Crippen LogP contribution in [0.5, 0.6) is 0 Å². The van der Waals surface area contributed by atoms with Crippen molar-refractivity contribution in [3.63, 3.8) is 0 Å². The van der Waals surface area contributed by atoms with E-state index in [2.05, 4.69) is 4.98 Å². The Bertz CT molecular complexity index is 897. The molecule has 1 aromatic carbocycles. The number of benzene rings is 1. The van der Waals surface area contributed by atoms with Gasteiger partial charge in [0.1, 0.15) is 4.70 Å². The van der Waals surface area contributed by atoms with Crippen LogP contribution in [0.3, 0.4) is 0 Å². The fourth-order valence-corrected chi connectivity index (χ4v) is 3.74. The van der Waals surface area contributed by atoms with Gasteiger partial charge in [-0.15, -0.1) is 11.3 Å². The van der Waals surface area contributed by atoms with Crippen molar-refractivity contribution >= 4 is 39.2 Å². The van der Waals surface area contributed by atoms with Crippen molar-refractivity contribution in [1.29, 1.82) is 0 Å². The van der Waals surface area contributed by atoms with Crippen LogP contribution < -0.4 is 11.3 Å². The van der Waals surface area contributed by atoms with Crippen LogP contribution in [-0.4, -0.2) is 15.5 Å². The van der Waals surface area contributed by atoms with Crippen molar-refractivity contribution in [1.82, 2.24) is 9.55 Å². The van der Waals surface area contributed by atoms with Crippen molar-refractivity contribution < 1.29 is 4.79 Å². The van der Waals surface area contributed by atoms with E-state index in [1.54, 1.807) is 23.7 Å². The quantitative estimate of drug-likeness (QED) is 0.588. The monoisotopic (exact) mass is 331 g/mol. The normalized spacial score (nSPS) is 11.0. The first-order valence-electron chi connectivity index (χ1n) is 6.52. The van der Waals surface area contributed by atoms with Crippen molar-refractivity contribution in [3.8, 4) is 0 Å². The highest BCUT2D eigenvalue weighted by atomic mass is 32.2. The van der Waals surface area contributed by atoms with Gasteiger partial charge in [0.15, 0.2) is 5.16 Å². The molecule has 0 saturated carbocycles. The van der Waals surface area contributed by atoms with Gasteiger partial charge in [-0.25, -0.2) is 4.98 Å². The third-order valence-corrected chi connectivity index (χ3v) is 5.25. The highest BCUT2D eigenvalue weighted by Crippen LogP contribution is 2.23. The lowest BCUT2D eigenvalue weighted by Gasteiger charge is -2.07. The summed E-state index contributed by atoms with van der Waals surface area (Å²) in [6, 6.07) is 8.97. The van der Waals surface area contributed by atoms with Crippen molar-refractivity contribution in [2.45, 2.75) is 10.9 Å². The lowest BCUT2D eigenvalue weighted by Crippen LogP contribution is -2.18. The molecule has 3 rings (SSSR count). The average molecular weight is 331 g/mol. The lowest BCUT2D eigenvalue weighted by atomic mass is 10.1. The van der Waals surface area contributed by atoms with Crippen LogP contribution in [0.15, 0.2) is 45.7 Å². The third-order valence-electron chi connectivity index (χ3n) is 3.25. The maximum Gasteiger partial charge on any atom is 0.271 e. The van der Waals surface area contributed by atoms with E-state index < -0.39 is 5.91 Å². The number of primary amides is 1. The Hall–Kier alpha value is -2.12. The zero-order valence-electron chi connectivity index (χ0n) is 11.8. The molecule has 0 fully saturated rings. The lowest BCUT2D eigenvalue weighted by molar-refractivity contribution is 0.100. The van der Waals surface area contributed by atoms with Crippen LogP contribution in [0.25, 0.3) is 10.2 Å². The molecule has 112 valence electrons. The molecule has 22 heavy (non-hydrogen) atoms. The van der Waals surface area contributed by atoms with Gasteiger partial charge in [-0.05, 0) is 29.1 Å². The fourth-order valence-electron chi connectivity index (χ4n) is 2.01. The molecule has 0 aliphatic heterocycles. The molecule has 0 unspecified atom stereocenters. The van der Waals surface area contributed by atoms with Crippen LogP contribution in [0.2, 0.25) is 0 Å². The fraction of sp³-hybridized carbons (Fsp3) is 0.133. The maximum absolute atomic E-state index is 12.2. The SMILES string of the molecule is Cn1c(SCc2ccc(C(N)=O)cc2)nc2ccsc2c1=O. The number of hydrogen-bond acceptors (Lipinski definition) is 5. The summed E-state index contributed by atoms with van der Waals surface area (Å²) in [7, 11) is 1.73. The van der Waals surface area contributed by atoms with Crippen LogP contribution in [-0.2, 0) is 12.8 Å². The van der Waals surface area contributed by atoms with Gasteiger partial charge < -0.3 is 5.73 Å². The molecule has 0 aliphatic carbocycles. The van der Waals surface area contributed by atoms with Gasteiger partial charge in [-0.3, -0.25) is 14.2 Å². The van der Waals surface area contributed by atoms with Crippen LogP contribution in [0.4, 0.5) is 0 Å². The van der Waals surface area contributed by atoms with E-state index in [1.807, 2.05) is 23.6 Å². The number of carbonyl (C=O) groups excluding carboxylic acids is 1. The molecular formula is C15H13N3O2S2. The molecule has 7 heteroatoms. The molecule has 3 aromatic rings. The Labute approximate surface area is 134 Å². The topological polar surface area (TPSA) is 78.0 Å². The minimum absolute atomic E-state index is 0.0217. The first-order valence-corrected chi connectivity index (χ1v) is 8.38. The van der Waals surface area contributed by atoms with E-state index in [4.69, 9.17) is 5.73 Å². The van der Waals surface area contributed by atoms with Crippen LogP contribution in [0, 0.1) is 0 Å². The molecule has 1 amide bonds. The number of nitrogens with two attached hydrogens (primary N) is 1. The number of aromatic nitrogens is 2. The molecular weight excluding hydrogens is 318 g/mol. The minimum Gasteiger partial charge on any atom is -0.366 e. The minimum atomic E-state index is -0.439. The van der Waals surface area contributed by atoms with E-state index in [1.165, 1.54) is 23.1 Å². The van der Waals surface area contributed by atoms with E-state index in [0.717, 1.165) is 11.1 Å². The summed E-state index contributed by atoms with van der Waals surface area (Å²) in [5.41, 5.74) is 7.45. The molecule has 0 bridgehead atoms. The van der Waals surface area contributed by atoms with E-state index in [-0.39, 0.29) is 5.56 Å². The number of thioether (sulfide) groups is 1. The average Bonchev–Trinajstić information content (AvgIpc) is 2.98. The molecule has 0 spiro atoms. The molecule has 0 aliphatic rings. The Kier molecular flexibility index (Phi) is 4.00. The van der Waals surface area contributed by atoms with Crippen LogP contribution >= 0.6 is 23.1 Å². The molecule has 0 radical (unpaired) electrons. The van der Waals surface area contributed by atoms with Crippen molar-refractivity contribution in [2.24, 2.45) is 12.8 Å². The molecule has 0 saturated heterocycles. The second-order valence-electron chi connectivity index (χ2n) is 4.74. The summed E-state index contributed by atoms with van der Waals surface area (Å²) in [5.74, 6) is 0.223. The van der Waals surface area contributed by atoms with Gasteiger partial charge in [0, 0.05) is 18.4 Å². The van der Waals surface area contributed by atoms with E-state index in [0.29, 0.717) is 21.2 Å². The Morgan fingerprint density at radius 2 is 2.05 bits per heavy atom. The predicted octanol–water partition coefficient (Wildman–Crippen LogP) is 2.39. The Balaban J connectivity index is 1.83. The molecule has 2 aromatic heterocycles. The Morgan fingerprint density at radius 1 is 1.32 bits per heavy atom. The second-order valence-corrected chi connectivity index (χ2v) is 6.60. The number of carbonyl (C=O) groups is 1. The van der Waals surface area contributed by atoms with Gasteiger partial charge in [0.05, 0.1) is 5.52 Å². The Morgan fingerprint density at radius 3 is 2.73 bits per heavy atom.